The van der Waals surface area contributed by atoms with Gasteiger partial charge in [-0.25, -0.2) is 0 Å². The number of nitrogens with one attached hydrogen (secondary N) is 1. The lowest BCUT2D eigenvalue weighted by atomic mass is 10.2. The molecule has 0 aliphatic rings. The molecule has 0 bridgehead atoms. The minimum atomic E-state index is 0.375. The molecule has 0 unspecified atom stereocenters. The van der Waals surface area contributed by atoms with Crippen molar-refractivity contribution in [2.75, 3.05) is 5.32 Å². The first kappa shape index (κ1) is 13.3. The standard InChI is InChI=1S/C13H10BrClN2S/c14-12-7-10(5-6-11(12)13(16)18)17-9-3-1-8(15)2-4-9/h1-7,17H,(H2,16,18). The normalized spacial score (nSPS) is 10.1. The molecular weight excluding hydrogens is 332 g/mol. The quantitative estimate of drug-likeness (QED) is 0.808. The molecule has 0 radical (unpaired) electrons. The Morgan fingerprint density at radius 1 is 1.11 bits per heavy atom. The number of thiocarbonyl (C=S) groups is 1. The fraction of sp³-hybridized carbons (Fsp3) is 0. The molecule has 2 rings (SSSR count). The molecule has 0 fully saturated rings. The first-order valence-corrected chi connectivity index (χ1v) is 6.76. The highest BCUT2D eigenvalue weighted by atomic mass is 79.9. The highest BCUT2D eigenvalue weighted by molar-refractivity contribution is 9.10. The molecular formula is C13H10BrClN2S. The second kappa shape index (κ2) is 5.69. The Labute approximate surface area is 124 Å². The molecule has 0 saturated heterocycles. The Kier molecular flexibility index (Phi) is 4.22. The minimum Gasteiger partial charge on any atom is -0.389 e. The maximum absolute atomic E-state index is 5.83. The second-order valence-electron chi connectivity index (χ2n) is 3.69. The molecule has 2 aromatic rings. The van der Waals surface area contributed by atoms with Gasteiger partial charge >= 0.3 is 0 Å². The molecule has 18 heavy (non-hydrogen) atoms. The highest BCUT2D eigenvalue weighted by Gasteiger charge is 2.04. The van der Waals surface area contributed by atoms with Crippen molar-refractivity contribution >= 4 is 56.1 Å². The van der Waals surface area contributed by atoms with Gasteiger partial charge in [0.25, 0.3) is 0 Å². The first-order chi connectivity index (χ1) is 8.56. The number of hydrogen-bond acceptors (Lipinski definition) is 2. The van der Waals surface area contributed by atoms with Crippen molar-refractivity contribution in [1.29, 1.82) is 0 Å². The molecule has 0 aliphatic carbocycles. The average molecular weight is 342 g/mol. The van der Waals surface area contributed by atoms with E-state index >= 15 is 0 Å². The molecule has 0 amide bonds. The maximum atomic E-state index is 5.83. The second-order valence-corrected chi connectivity index (χ2v) is 5.42. The van der Waals surface area contributed by atoms with E-state index in [-0.39, 0.29) is 0 Å². The van der Waals surface area contributed by atoms with Crippen molar-refractivity contribution in [3.63, 3.8) is 0 Å². The largest absolute Gasteiger partial charge is 0.389 e. The fourth-order valence-corrected chi connectivity index (χ4v) is 2.52. The third kappa shape index (κ3) is 3.22. The van der Waals surface area contributed by atoms with Crippen LogP contribution in [-0.2, 0) is 0 Å². The summed E-state index contributed by atoms with van der Waals surface area (Å²) in [7, 11) is 0. The third-order valence-corrected chi connectivity index (χ3v) is 3.50. The van der Waals surface area contributed by atoms with Gasteiger partial charge in [-0.2, -0.15) is 0 Å². The van der Waals surface area contributed by atoms with Gasteiger partial charge in [-0.15, -0.1) is 0 Å². The van der Waals surface area contributed by atoms with Crippen LogP contribution in [0.5, 0.6) is 0 Å². The molecule has 3 N–H and O–H groups in total. The Morgan fingerprint density at radius 2 is 1.72 bits per heavy atom. The summed E-state index contributed by atoms with van der Waals surface area (Å²) in [6.45, 7) is 0. The van der Waals surface area contributed by atoms with Crippen LogP contribution in [0.3, 0.4) is 0 Å². The summed E-state index contributed by atoms with van der Waals surface area (Å²) >= 11 is 14.2. The summed E-state index contributed by atoms with van der Waals surface area (Å²) in [5.41, 5.74) is 8.34. The smallest absolute Gasteiger partial charge is 0.105 e. The Hall–Kier alpha value is -1.10. The van der Waals surface area contributed by atoms with Crippen molar-refractivity contribution in [2.24, 2.45) is 5.73 Å². The van der Waals surface area contributed by atoms with Crippen molar-refractivity contribution in [3.05, 3.63) is 57.5 Å². The van der Waals surface area contributed by atoms with Crippen molar-refractivity contribution in [1.82, 2.24) is 0 Å². The van der Waals surface area contributed by atoms with Gasteiger partial charge < -0.3 is 11.1 Å². The van der Waals surface area contributed by atoms with E-state index < -0.39 is 0 Å². The van der Waals surface area contributed by atoms with E-state index in [1.54, 1.807) is 0 Å². The molecule has 0 aromatic heterocycles. The van der Waals surface area contributed by atoms with Gasteiger partial charge in [0.15, 0.2) is 0 Å². The Morgan fingerprint density at radius 3 is 2.28 bits per heavy atom. The highest BCUT2D eigenvalue weighted by Crippen LogP contribution is 2.24. The van der Waals surface area contributed by atoms with E-state index in [1.165, 1.54) is 0 Å². The van der Waals surface area contributed by atoms with Crippen LogP contribution in [0.2, 0.25) is 5.02 Å². The van der Waals surface area contributed by atoms with Gasteiger partial charge in [-0.05, 0) is 58.4 Å². The van der Waals surface area contributed by atoms with E-state index in [0.29, 0.717) is 10.0 Å². The molecule has 2 aromatic carbocycles. The van der Waals surface area contributed by atoms with Crippen LogP contribution in [0.25, 0.3) is 0 Å². The van der Waals surface area contributed by atoms with Gasteiger partial charge in [0.05, 0.1) is 0 Å². The van der Waals surface area contributed by atoms with E-state index in [0.717, 1.165) is 21.4 Å². The van der Waals surface area contributed by atoms with E-state index in [1.807, 2.05) is 42.5 Å². The SMILES string of the molecule is NC(=S)c1ccc(Nc2ccc(Cl)cc2)cc1Br. The number of halogens is 2. The summed E-state index contributed by atoms with van der Waals surface area (Å²) in [5.74, 6) is 0. The molecule has 0 spiro atoms. The molecule has 5 heteroatoms. The van der Waals surface area contributed by atoms with Crippen molar-refractivity contribution in [2.45, 2.75) is 0 Å². The van der Waals surface area contributed by atoms with E-state index in [2.05, 4.69) is 21.2 Å². The predicted octanol–water partition coefficient (Wildman–Crippen LogP) is 4.48. The zero-order valence-corrected chi connectivity index (χ0v) is 12.4. The molecule has 2 nitrogen and oxygen atoms in total. The first-order valence-electron chi connectivity index (χ1n) is 5.18. The lowest BCUT2D eigenvalue weighted by molar-refractivity contribution is 1.51. The zero-order chi connectivity index (χ0) is 13.1. The van der Waals surface area contributed by atoms with Crippen LogP contribution in [0, 0.1) is 0 Å². The van der Waals surface area contributed by atoms with Crippen molar-refractivity contribution < 1.29 is 0 Å². The number of rotatable bonds is 3. The third-order valence-electron chi connectivity index (χ3n) is 2.37. The monoisotopic (exact) mass is 340 g/mol. The van der Waals surface area contributed by atoms with E-state index in [9.17, 15) is 0 Å². The number of benzene rings is 2. The Balaban J connectivity index is 2.22. The van der Waals surface area contributed by atoms with Gasteiger partial charge in [-0.1, -0.05) is 23.8 Å². The maximum Gasteiger partial charge on any atom is 0.105 e. The Bertz CT molecular complexity index is 584. The minimum absolute atomic E-state index is 0.375. The number of nitrogens with two attached hydrogens (primary N) is 1. The van der Waals surface area contributed by atoms with Crippen LogP contribution in [-0.4, -0.2) is 4.99 Å². The topological polar surface area (TPSA) is 38.0 Å². The average Bonchev–Trinajstić information content (AvgIpc) is 2.32. The van der Waals surface area contributed by atoms with Crippen LogP contribution in [0.1, 0.15) is 5.56 Å². The van der Waals surface area contributed by atoms with Crippen LogP contribution in [0.15, 0.2) is 46.9 Å². The number of hydrogen-bond donors (Lipinski definition) is 2. The lowest BCUT2D eigenvalue weighted by Gasteiger charge is -2.09. The summed E-state index contributed by atoms with van der Waals surface area (Å²) < 4.78 is 0.869. The van der Waals surface area contributed by atoms with E-state index in [4.69, 9.17) is 29.6 Å². The van der Waals surface area contributed by atoms with Gasteiger partial charge in [-0.3, -0.25) is 0 Å². The van der Waals surface area contributed by atoms with Gasteiger partial charge in [0.1, 0.15) is 4.99 Å². The molecule has 92 valence electrons. The van der Waals surface area contributed by atoms with Crippen LogP contribution >= 0.6 is 39.7 Å². The zero-order valence-electron chi connectivity index (χ0n) is 9.28. The van der Waals surface area contributed by atoms with Gasteiger partial charge in [0, 0.05) is 26.4 Å². The summed E-state index contributed by atoms with van der Waals surface area (Å²) in [6, 6.07) is 13.2. The van der Waals surface area contributed by atoms with Crippen LogP contribution in [0.4, 0.5) is 11.4 Å². The fourth-order valence-electron chi connectivity index (χ4n) is 1.49. The molecule has 0 saturated carbocycles. The molecule has 0 atom stereocenters. The summed E-state index contributed by atoms with van der Waals surface area (Å²) in [5, 5.41) is 3.98. The lowest BCUT2D eigenvalue weighted by Crippen LogP contribution is -2.10. The predicted molar refractivity (Wildman–Crippen MR) is 84.8 cm³/mol. The summed E-state index contributed by atoms with van der Waals surface area (Å²) in [6.07, 6.45) is 0. The van der Waals surface area contributed by atoms with Crippen molar-refractivity contribution in [3.8, 4) is 0 Å². The van der Waals surface area contributed by atoms with Crippen LogP contribution < -0.4 is 11.1 Å². The molecule has 0 aliphatic heterocycles. The summed E-state index contributed by atoms with van der Waals surface area (Å²) in [4.78, 5) is 0.375. The van der Waals surface area contributed by atoms with Gasteiger partial charge in [0.2, 0.25) is 0 Å². The number of anilines is 2. The molecule has 0 heterocycles.